The molecule has 0 saturated carbocycles. The number of likely N-dealkylation sites (tertiary alicyclic amines) is 1. The van der Waals surface area contributed by atoms with Gasteiger partial charge in [0.1, 0.15) is 5.82 Å². The zero-order valence-electron chi connectivity index (χ0n) is 13.5. The molecule has 12 heteroatoms. The predicted octanol–water partition coefficient (Wildman–Crippen LogP) is 2.83. The van der Waals surface area contributed by atoms with Gasteiger partial charge in [0, 0.05) is 6.54 Å². The molecule has 1 saturated heterocycles. The number of aromatic nitrogens is 4. The van der Waals surface area contributed by atoms with Crippen LogP contribution < -0.4 is 5.32 Å². The zero-order chi connectivity index (χ0) is 18.9. The molecule has 144 valence electrons. The van der Waals surface area contributed by atoms with Crippen molar-refractivity contribution in [2.75, 3.05) is 31.5 Å². The molecule has 2 aromatic heterocycles. The van der Waals surface area contributed by atoms with Gasteiger partial charge in [0.05, 0.1) is 6.54 Å². The van der Waals surface area contributed by atoms with Crippen LogP contribution in [0, 0.1) is 5.92 Å². The van der Waals surface area contributed by atoms with E-state index in [9.17, 15) is 26.3 Å². The molecule has 0 radical (unpaired) electrons. The third kappa shape index (κ3) is 4.54. The maximum absolute atomic E-state index is 12.8. The second-order valence-corrected chi connectivity index (χ2v) is 6.23. The van der Waals surface area contributed by atoms with E-state index in [1.165, 1.54) is 17.0 Å². The summed E-state index contributed by atoms with van der Waals surface area (Å²) in [5.74, 6) is -0.864. The molecule has 0 amide bonds. The number of hydrogen-bond donors (Lipinski definition) is 1. The van der Waals surface area contributed by atoms with Crippen LogP contribution in [0.3, 0.4) is 0 Å². The number of alkyl halides is 6. The SMILES string of the molecule is FC(F)(F)CN1CCC(CNc2ccc3nnc(C(F)(F)F)n3n2)CC1. The van der Waals surface area contributed by atoms with Gasteiger partial charge in [-0.2, -0.15) is 30.9 Å². The summed E-state index contributed by atoms with van der Waals surface area (Å²) >= 11 is 0. The average molecular weight is 382 g/mol. The van der Waals surface area contributed by atoms with Crippen LogP contribution in [-0.4, -0.2) is 57.1 Å². The first-order valence-corrected chi connectivity index (χ1v) is 7.94. The van der Waals surface area contributed by atoms with Gasteiger partial charge >= 0.3 is 12.4 Å². The van der Waals surface area contributed by atoms with E-state index in [0.29, 0.717) is 37.0 Å². The van der Waals surface area contributed by atoms with Crippen LogP contribution in [0.4, 0.5) is 32.2 Å². The van der Waals surface area contributed by atoms with Crippen LogP contribution in [0.15, 0.2) is 12.1 Å². The molecule has 6 nitrogen and oxygen atoms in total. The van der Waals surface area contributed by atoms with Crippen molar-refractivity contribution in [3.63, 3.8) is 0 Å². The molecule has 1 fully saturated rings. The number of hydrogen-bond acceptors (Lipinski definition) is 5. The second kappa shape index (κ2) is 6.89. The summed E-state index contributed by atoms with van der Waals surface area (Å²) in [7, 11) is 0. The topological polar surface area (TPSA) is 58.3 Å². The molecule has 0 aromatic carbocycles. The van der Waals surface area contributed by atoms with Gasteiger partial charge in [0.2, 0.25) is 0 Å². The van der Waals surface area contributed by atoms with Crippen molar-refractivity contribution in [1.82, 2.24) is 24.7 Å². The highest BCUT2D eigenvalue weighted by molar-refractivity contribution is 5.44. The summed E-state index contributed by atoms with van der Waals surface area (Å²) in [4.78, 5) is 1.35. The highest BCUT2D eigenvalue weighted by Gasteiger charge is 2.37. The van der Waals surface area contributed by atoms with E-state index in [-0.39, 0.29) is 17.4 Å². The molecule has 3 heterocycles. The largest absolute Gasteiger partial charge is 0.453 e. The Morgan fingerprint density at radius 1 is 1.04 bits per heavy atom. The van der Waals surface area contributed by atoms with E-state index in [1.807, 2.05) is 0 Å². The van der Waals surface area contributed by atoms with Crippen LogP contribution in [0.25, 0.3) is 5.65 Å². The first-order chi connectivity index (χ1) is 12.1. The molecule has 0 atom stereocenters. The smallest absolute Gasteiger partial charge is 0.368 e. The minimum atomic E-state index is -4.67. The third-order valence-corrected chi connectivity index (χ3v) is 4.20. The molecule has 0 spiro atoms. The third-order valence-electron chi connectivity index (χ3n) is 4.20. The monoisotopic (exact) mass is 382 g/mol. The minimum Gasteiger partial charge on any atom is -0.368 e. The van der Waals surface area contributed by atoms with Crippen LogP contribution in [0.1, 0.15) is 18.7 Å². The number of rotatable bonds is 4. The van der Waals surface area contributed by atoms with Crippen LogP contribution in [0.2, 0.25) is 0 Å². The molecule has 26 heavy (non-hydrogen) atoms. The Hall–Kier alpha value is -2.11. The fourth-order valence-corrected chi connectivity index (χ4v) is 2.91. The molecular formula is C14H16F6N6. The second-order valence-electron chi connectivity index (χ2n) is 6.23. The lowest BCUT2D eigenvalue weighted by atomic mass is 9.97. The first kappa shape index (κ1) is 18.7. The summed E-state index contributed by atoms with van der Waals surface area (Å²) in [5, 5.41) is 13.3. The number of halogens is 6. The molecular weight excluding hydrogens is 366 g/mol. The van der Waals surface area contributed by atoms with Gasteiger partial charge in [-0.15, -0.1) is 15.3 Å². The quantitative estimate of drug-likeness (QED) is 0.825. The maximum Gasteiger partial charge on any atom is 0.453 e. The standard InChI is InChI=1S/C14H16F6N6/c15-13(16,17)8-25-5-3-9(4-6-25)7-21-10-1-2-11-22-23-12(14(18,19)20)26(11)24-10/h1-2,9H,3-8H2,(H,21,24). The molecule has 2 aromatic rings. The lowest BCUT2D eigenvalue weighted by Gasteiger charge is -2.32. The van der Waals surface area contributed by atoms with Gasteiger partial charge < -0.3 is 5.32 Å². The fraction of sp³-hybridized carbons (Fsp3) is 0.643. The van der Waals surface area contributed by atoms with Crippen molar-refractivity contribution < 1.29 is 26.3 Å². The van der Waals surface area contributed by atoms with Crippen molar-refractivity contribution in [3.8, 4) is 0 Å². The Balaban J connectivity index is 1.57. The number of anilines is 1. The van der Waals surface area contributed by atoms with Gasteiger partial charge in [-0.1, -0.05) is 0 Å². The van der Waals surface area contributed by atoms with Crippen molar-refractivity contribution in [1.29, 1.82) is 0 Å². The van der Waals surface area contributed by atoms with Crippen molar-refractivity contribution in [2.24, 2.45) is 5.92 Å². The number of nitrogens with one attached hydrogen (secondary N) is 1. The summed E-state index contributed by atoms with van der Waals surface area (Å²) < 4.78 is 76.3. The Labute approximate surface area is 144 Å². The summed E-state index contributed by atoms with van der Waals surface area (Å²) in [6, 6.07) is 2.85. The van der Waals surface area contributed by atoms with Gasteiger partial charge in [-0.05, 0) is 44.0 Å². The Bertz CT molecular complexity index is 746. The van der Waals surface area contributed by atoms with E-state index in [4.69, 9.17) is 0 Å². The van der Waals surface area contributed by atoms with Gasteiger partial charge in [0.25, 0.3) is 5.82 Å². The number of nitrogens with zero attached hydrogens (tertiary/aromatic N) is 5. The average Bonchev–Trinajstić information content (AvgIpc) is 2.96. The van der Waals surface area contributed by atoms with Gasteiger partial charge in [-0.25, -0.2) is 0 Å². The highest BCUT2D eigenvalue weighted by atomic mass is 19.4. The fourth-order valence-electron chi connectivity index (χ4n) is 2.91. The summed E-state index contributed by atoms with van der Waals surface area (Å²) in [6.45, 7) is 0.172. The molecule has 0 bridgehead atoms. The van der Waals surface area contributed by atoms with E-state index < -0.39 is 24.7 Å². The Morgan fingerprint density at radius 3 is 2.35 bits per heavy atom. The molecule has 1 aliphatic rings. The summed E-state index contributed by atoms with van der Waals surface area (Å²) in [5.41, 5.74) is -0.0247. The minimum absolute atomic E-state index is 0.0247. The van der Waals surface area contributed by atoms with E-state index in [1.54, 1.807) is 0 Å². The van der Waals surface area contributed by atoms with E-state index in [2.05, 4.69) is 20.6 Å². The zero-order valence-corrected chi connectivity index (χ0v) is 13.5. The molecule has 1 aliphatic heterocycles. The van der Waals surface area contributed by atoms with Gasteiger partial charge in [0.15, 0.2) is 5.65 Å². The van der Waals surface area contributed by atoms with Crippen molar-refractivity contribution in [2.45, 2.75) is 25.2 Å². The molecule has 0 aliphatic carbocycles. The van der Waals surface area contributed by atoms with Crippen molar-refractivity contribution in [3.05, 3.63) is 18.0 Å². The van der Waals surface area contributed by atoms with E-state index >= 15 is 0 Å². The van der Waals surface area contributed by atoms with Gasteiger partial charge in [-0.3, -0.25) is 4.90 Å². The normalized spacial score (nSPS) is 17.8. The maximum atomic E-state index is 12.8. The van der Waals surface area contributed by atoms with E-state index in [0.717, 1.165) is 0 Å². The molecule has 0 unspecified atom stereocenters. The lowest BCUT2D eigenvalue weighted by Crippen LogP contribution is -2.41. The molecule has 1 N–H and O–H groups in total. The number of fused-ring (bicyclic) bond motifs is 1. The molecule has 3 rings (SSSR count). The highest BCUT2D eigenvalue weighted by Crippen LogP contribution is 2.28. The predicted molar refractivity (Wildman–Crippen MR) is 79.5 cm³/mol. The van der Waals surface area contributed by atoms with Crippen LogP contribution in [0.5, 0.6) is 0 Å². The van der Waals surface area contributed by atoms with Crippen LogP contribution in [-0.2, 0) is 6.18 Å². The Morgan fingerprint density at radius 2 is 1.73 bits per heavy atom. The van der Waals surface area contributed by atoms with Crippen molar-refractivity contribution >= 4 is 11.5 Å². The first-order valence-electron chi connectivity index (χ1n) is 7.94. The lowest BCUT2D eigenvalue weighted by molar-refractivity contribution is -0.148. The van der Waals surface area contributed by atoms with Crippen LogP contribution >= 0.6 is 0 Å². The number of piperidine rings is 1. The summed E-state index contributed by atoms with van der Waals surface area (Å²) in [6.07, 6.45) is -7.73. The Kier molecular flexibility index (Phi) is 4.95.